The molecule has 2 aromatic carbocycles. The van der Waals surface area contributed by atoms with Crippen LogP contribution in [0.4, 0.5) is 26.4 Å². The van der Waals surface area contributed by atoms with Gasteiger partial charge in [-0.25, -0.2) is 14.2 Å². The molecule has 0 saturated carbocycles. The fourth-order valence-electron chi connectivity index (χ4n) is 3.45. The van der Waals surface area contributed by atoms with Gasteiger partial charge in [-0.05, 0) is 54.1 Å². The molecule has 1 fully saturated rings. The van der Waals surface area contributed by atoms with Gasteiger partial charge < -0.3 is 15.5 Å². The van der Waals surface area contributed by atoms with Crippen LogP contribution in [0.5, 0.6) is 0 Å². The number of hydrogen-bond acceptors (Lipinski definition) is 4. The summed E-state index contributed by atoms with van der Waals surface area (Å²) in [6, 6.07) is 19.1. The zero-order chi connectivity index (χ0) is 20.8. The number of halogens is 1. The molecule has 1 saturated heterocycles. The third kappa shape index (κ3) is 5.33. The summed E-state index contributed by atoms with van der Waals surface area (Å²) < 4.78 is 12.9. The number of urea groups is 1. The zero-order valence-electron chi connectivity index (χ0n) is 16.6. The van der Waals surface area contributed by atoms with Gasteiger partial charge >= 0.3 is 6.03 Å². The number of nitrogens with zero attached hydrogens (tertiary/aromatic N) is 3. The van der Waals surface area contributed by atoms with Crippen LogP contribution in [0.15, 0.2) is 72.9 Å². The summed E-state index contributed by atoms with van der Waals surface area (Å²) in [4.78, 5) is 21.2. The molecule has 1 aliphatic heterocycles. The molecule has 2 N–H and O–H groups in total. The molecule has 0 radical (unpaired) electrons. The second-order valence-corrected chi connectivity index (χ2v) is 7.23. The molecule has 4 rings (SSSR count). The summed E-state index contributed by atoms with van der Waals surface area (Å²) in [5.41, 5.74) is 2.44. The van der Waals surface area contributed by atoms with Crippen LogP contribution in [-0.4, -0.2) is 42.1 Å². The third-order valence-electron chi connectivity index (χ3n) is 5.07. The van der Waals surface area contributed by atoms with Crippen LogP contribution in [0.25, 0.3) is 0 Å². The van der Waals surface area contributed by atoms with Gasteiger partial charge in [0.05, 0.1) is 0 Å². The topological polar surface area (TPSA) is 60.5 Å². The first-order valence-corrected chi connectivity index (χ1v) is 9.96. The van der Waals surface area contributed by atoms with E-state index < -0.39 is 0 Å². The monoisotopic (exact) mass is 405 g/mol. The molecule has 7 heteroatoms. The molecule has 0 bridgehead atoms. The highest BCUT2D eigenvalue weighted by atomic mass is 19.1. The first kappa shape index (κ1) is 19.8. The predicted octanol–water partition coefficient (Wildman–Crippen LogP) is 4.19. The van der Waals surface area contributed by atoms with Crippen molar-refractivity contribution in [3.8, 4) is 0 Å². The molecular formula is C23H24FN5O. The average molecular weight is 405 g/mol. The van der Waals surface area contributed by atoms with Crippen molar-refractivity contribution in [3.05, 3.63) is 84.3 Å². The number of pyridine rings is 1. The Balaban J connectivity index is 1.25. The largest absolute Gasteiger partial charge is 0.354 e. The first-order chi connectivity index (χ1) is 14.7. The Bertz CT molecular complexity index is 955. The van der Waals surface area contributed by atoms with Crippen molar-refractivity contribution >= 4 is 23.2 Å². The molecule has 0 spiro atoms. The van der Waals surface area contributed by atoms with E-state index in [0.717, 1.165) is 38.5 Å². The first-order valence-electron chi connectivity index (χ1n) is 9.96. The van der Waals surface area contributed by atoms with Gasteiger partial charge in [0, 0.05) is 50.3 Å². The van der Waals surface area contributed by atoms with Crippen molar-refractivity contribution in [1.29, 1.82) is 0 Å². The number of amides is 2. The van der Waals surface area contributed by atoms with E-state index in [1.54, 1.807) is 0 Å². The number of benzene rings is 2. The predicted molar refractivity (Wildman–Crippen MR) is 117 cm³/mol. The van der Waals surface area contributed by atoms with Crippen LogP contribution in [0.1, 0.15) is 5.56 Å². The van der Waals surface area contributed by atoms with Crippen molar-refractivity contribution in [3.63, 3.8) is 0 Å². The van der Waals surface area contributed by atoms with Crippen LogP contribution in [-0.2, 0) is 6.54 Å². The van der Waals surface area contributed by atoms with Crippen LogP contribution >= 0.6 is 0 Å². The van der Waals surface area contributed by atoms with Gasteiger partial charge in [-0.2, -0.15) is 0 Å². The van der Waals surface area contributed by atoms with Crippen molar-refractivity contribution in [1.82, 2.24) is 9.88 Å². The fourth-order valence-corrected chi connectivity index (χ4v) is 3.45. The Morgan fingerprint density at radius 2 is 1.50 bits per heavy atom. The Morgan fingerprint density at radius 3 is 2.10 bits per heavy atom. The molecule has 0 unspecified atom stereocenters. The lowest BCUT2D eigenvalue weighted by atomic mass is 10.1. The Kier molecular flexibility index (Phi) is 6.20. The number of anilines is 3. The minimum absolute atomic E-state index is 0.338. The van der Waals surface area contributed by atoms with Crippen molar-refractivity contribution < 1.29 is 9.18 Å². The van der Waals surface area contributed by atoms with Crippen LogP contribution < -0.4 is 15.5 Å². The SMILES string of the molecule is O=C(Nc1ccc(F)cc1)Nc1ccc(CN2CCN(c3ccccn3)CC2)cc1. The number of aromatic nitrogens is 1. The number of hydrogen-bond donors (Lipinski definition) is 2. The lowest BCUT2D eigenvalue weighted by Gasteiger charge is -2.35. The molecule has 1 aromatic heterocycles. The summed E-state index contributed by atoms with van der Waals surface area (Å²) in [5, 5.41) is 5.47. The number of nitrogens with one attached hydrogen (secondary N) is 2. The van der Waals surface area contributed by atoms with Crippen LogP contribution in [0.3, 0.4) is 0 Å². The number of carbonyl (C=O) groups excluding carboxylic acids is 1. The van der Waals surface area contributed by atoms with E-state index in [0.29, 0.717) is 11.4 Å². The minimum atomic E-state index is -0.361. The van der Waals surface area contributed by atoms with Gasteiger partial charge in [-0.15, -0.1) is 0 Å². The third-order valence-corrected chi connectivity index (χ3v) is 5.07. The molecule has 1 aliphatic rings. The van der Waals surface area contributed by atoms with E-state index in [9.17, 15) is 9.18 Å². The maximum atomic E-state index is 12.9. The zero-order valence-corrected chi connectivity index (χ0v) is 16.6. The second kappa shape index (κ2) is 9.37. The molecule has 30 heavy (non-hydrogen) atoms. The van der Waals surface area contributed by atoms with Crippen LogP contribution in [0.2, 0.25) is 0 Å². The van der Waals surface area contributed by atoms with E-state index in [1.165, 1.54) is 29.8 Å². The number of carbonyl (C=O) groups is 1. The van der Waals surface area contributed by atoms with Gasteiger partial charge in [-0.1, -0.05) is 18.2 Å². The molecule has 2 heterocycles. The summed E-state index contributed by atoms with van der Waals surface area (Å²) >= 11 is 0. The van der Waals surface area contributed by atoms with Crippen molar-refractivity contribution in [2.24, 2.45) is 0 Å². The normalized spacial score (nSPS) is 14.4. The maximum absolute atomic E-state index is 12.9. The van der Waals surface area contributed by atoms with E-state index in [4.69, 9.17) is 0 Å². The Labute approximate surface area is 175 Å². The lowest BCUT2D eigenvalue weighted by Crippen LogP contribution is -2.46. The van der Waals surface area contributed by atoms with Crippen molar-refractivity contribution in [2.75, 3.05) is 41.7 Å². The molecule has 3 aromatic rings. The fraction of sp³-hybridized carbons (Fsp3) is 0.217. The number of piperazine rings is 1. The summed E-state index contributed by atoms with van der Waals surface area (Å²) in [6.07, 6.45) is 1.83. The van der Waals surface area contributed by atoms with Gasteiger partial charge in [0.15, 0.2) is 0 Å². The molecule has 0 aliphatic carbocycles. The molecule has 6 nitrogen and oxygen atoms in total. The summed E-state index contributed by atoms with van der Waals surface area (Å²) in [7, 11) is 0. The van der Waals surface area contributed by atoms with Gasteiger partial charge in [0.2, 0.25) is 0 Å². The molecule has 2 amide bonds. The maximum Gasteiger partial charge on any atom is 0.323 e. The summed E-state index contributed by atoms with van der Waals surface area (Å²) in [5.74, 6) is 0.696. The number of rotatable bonds is 5. The smallest absolute Gasteiger partial charge is 0.323 e. The van der Waals surface area contributed by atoms with E-state index in [2.05, 4.69) is 25.4 Å². The van der Waals surface area contributed by atoms with Crippen LogP contribution in [0, 0.1) is 5.82 Å². The highest BCUT2D eigenvalue weighted by molar-refractivity contribution is 5.99. The van der Waals surface area contributed by atoms with Gasteiger partial charge in [-0.3, -0.25) is 4.90 Å². The van der Waals surface area contributed by atoms with Gasteiger partial charge in [0.1, 0.15) is 11.6 Å². The highest BCUT2D eigenvalue weighted by Gasteiger charge is 2.17. The second-order valence-electron chi connectivity index (χ2n) is 7.23. The quantitative estimate of drug-likeness (QED) is 0.668. The van der Waals surface area contributed by atoms with Crippen molar-refractivity contribution in [2.45, 2.75) is 6.54 Å². The average Bonchev–Trinajstić information content (AvgIpc) is 2.78. The van der Waals surface area contributed by atoms with E-state index in [-0.39, 0.29) is 11.8 Å². The Morgan fingerprint density at radius 1 is 0.867 bits per heavy atom. The van der Waals surface area contributed by atoms with E-state index in [1.807, 2.05) is 48.7 Å². The lowest BCUT2D eigenvalue weighted by molar-refractivity contribution is 0.249. The molecular weight excluding hydrogens is 381 g/mol. The van der Waals surface area contributed by atoms with Gasteiger partial charge in [0.25, 0.3) is 0 Å². The highest BCUT2D eigenvalue weighted by Crippen LogP contribution is 2.16. The molecule has 0 atom stereocenters. The summed E-state index contributed by atoms with van der Waals surface area (Å²) in [6.45, 7) is 4.76. The minimum Gasteiger partial charge on any atom is -0.354 e. The van der Waals surface area contributed by atoms with E-state index >= 15 is 0 Å². The standard InChI is InChI=1S/C23H24FN5O/c24-19-6-10-21(11-7-19)27-23(30)26-20-8-4-18(5-9-20)17-28-13-15-29(16-14-28)22-3-1-2-12-25-22/h1-12H,13-17H2,(H2,26,27,30). The Hall–Kier alpha value is -3.45. The molecule has 154 valence electrons.